The standard InChI is InChI=1S/C13H17N3OS2/c1-3-10-6-14-12(19-10)8-16-13(17)15-7-11-9(2)4-5-18-11/h4-6H,3,7-8H2,1-2H3,(H2,15,16,17). The van der Waals surface area contributed by atoms with Gasteiger partial charge in [-0.2, -0.15) is 0 Å². The Morgan fingerprint density at radius 1 is 1.37 bits per heavy atom. The van der Waals surface area contributed by atoms with Crippen LogP contribution in [-0.2, 0) is 19.5 Å². The van der Waals surface area contributed by atoms with Gasteiger partial charge in [0.1, 0.15) is 5.01 Å². The highest BCUT2D eigenvalue weighted by Crippen LogP contribution is 2.15. The Morgan fingerprint density at radius 3 is 2.79 bits per heavy atom. The number of hydrogen-bond donors (Lipinski definition) is 2. The normalized spacial score (nSPS) is 10.4. The topological polar surface area (TPSA) is 54.0 Å². The third-order valence-corrected chi connectivity index (χ3v) is 4.89. The molecule has 0 fully saturated rings. The molecule has 102 valence electrons. The first kappa shape index (κ1) is 14.0. The van der Waals surface area contributed by atoms with Gasteiger partial charge in [0.25, 0.3) is 0 Å². The van der Waals surface area contributed by atoms with Crippen LogP contribution in [0.5, 0.6) is 0 Å². The van der Waals surface area contributed by atoms with E-state index in [9.17, 15) is 4.79 Å². The van der Waals surface area contributed by atoms with Crippen molar-refractivity contribution in [3.05, 3.63) is 38.0 Å². The molecule has 0 aromatic carbocycles. The van der Waals surface area contributed by atoms with Crippen molar-refractivity contribution in [2.75, 3.05) is 0 Å². The Labute approximate surface area is 120 Å². The Balaban J connectivity index is 1.74. The summed E-state index contributed by atoms with van der Waals surface area (Å²) in [6, 6.07) is 1.91. The average Bonchev–Trinajstić information content (AvgIpc) is 3.02. The summed E-state index contributed by atoms with van der Waals surface area (Å²) in [5.41, 5.74) is 1.22. The van der Waals surface area contributed by atoms with Gasteiger partial charge >= 0.3 is 6.03 Å². The van der Waals surface area contributed by atoms with Crippen LogP contribution in [0.1, 0.15) is 27.2 Å². The van der Waals surface area contributed by atoms with Gasteiger partial charge in [0, 0.05) is 16.0 Å². The number of aryl methyl sites for hydroxylation is 2. The molecule has 2 aromatic heterocycles. The highest BCUT2D eigenvalue weighted by Gasteiger charge is 2.05. The third kappa shape index (κ3) is 4.04. The molecule has 19 heavy (non-hydrogen) atoms. The second kappa shape index (κ2) is 6.68. The molecule has 2 rings (SSSR count). The summed E-state index contributed by atoms with van der Waals surface area (Å²) in [5.74, 6) is 0. The maximum absolute atomic E-state index is 11.7. The molecule has 0 radical (unpaired) electrons. The van der Waals surface area contributed by atoms with E-state index in [1.165, 1.54) is 15.3 Å². The average molecular weight is 295 g/mol. The maximum atomic E-state index is 11.7. The molecule has 2 aromatic rings. The quantitative estimate of drug-likeness (QED) is 0.890. The smallest absolute Gasteiger partial charge is 0.315 e. The van der Waals surface area contributed by atoms with Crippen LogP contribution in [0.2, 0.25) is 0 Å². The van der Waals surface area contributed by atoms with Crippen molar-refractivity contribution in [2.24, 2.45) is 0 Å². The van der Waals surface area contributed by atoms with E-state index in [4.69, 9.17) is 0 Å². The number of carbonyl (C=O) groups excluding carboxylic acids is 1. The lowest BCUT2D eigenvalue weighted by Gasteiger charge is -2.05. The van der Waals surface area contributed by atoms with Crippen molar-refractivity contribution in [3.63, 3.8) is 0 Å². The molecule has 0 aliphatic heterocycles. The molecule has 0 spiro atoms. The first-order valence-corrected chi connectivity index (χ1v) is 7.87. The number of thiazole rings is 1. The van der Waals surface area contributed by atoms with E-state index < -0.39 is 0 Å². The van der Waals surface area contributed by atoms with Crippen LogP contribution in [0.25, 0.3) is 0 Å². The van der Waals surface area contributed by atoms with Crippen LogP contribution >= 0.6 is 22.7 Å². The Hall–Kier alpha value is -1.40. The van der Waals surface area contributed by atoms with Crippen LogP contribution in [-0.4, -0.2) is 11.0 Å². The molecule has 0 bridgehead atoms. The minimum absolute atomic E-state index is 0.152. The predicted octanol–water partition coefficient (Wildman–Crippen LogP) is 3.07. The van der Waals surface area contributed by atoms with Gasteiger partial charge in [0.15, 0.2) is 0 Å². The molecule has 0 saturated carbocycles. The van der Waals surface area contributed by atoms with Gasteiger partial charge in [-0.1, -0.05) is 6.92 Å². The highest BCUT2D eigenvalue weighted by atomic mass is 32.1. The SMILES string of the molecule is CCc1cnc(CNC(=O)NCc2sccc2C)s1. The van der Waals surface area contributed by atoms with Gasteiger partial charge in [-0.05, 0) is 30.4 Å². The first-order chi connectivity index (χ1) is 9.19. The molecule has 0 aliphatic carbocycles. The summed E-state index contributed by atoms with van der Waals surface area (Å²) >= 11 is 3.30. The van der Waals surface area contributed by atoms with Crippen molar-refractivity contribution in [3.8, 4) is 0 Å². The lowest BCUT2D eigenvalue weighted by molar-refractivity contribution is 0.240. The Kier molecular flexibility index (Phi) is 4.93. The van der Waals surface area contributed by atoms with Gasteiger partial charge in [-0.25, -0.2) is 9.78 Å². The molecule has 2 heterocycles. The van der Waals surface area contributed by atoms with Crippen molar-refractivity contribution in [1.29, 1.82) is 0 Å². The monoisotopic (exact) mass is 295 g/mol. The van der Waals surface area contributed by atoms with E-state index in [0.29, 0.717) is 13.1 Å². The van der Waals surface area contributed by atoms with Gasteiger partial charge < -0.3 is 10.6 Å². The summed E-state index contributed by atoms with van der Waals surface area (Å²) in [4.78, 5) is 18.4. The third-order valence-electron chi connectivity index (χ3n) is 2.73. The summed E-state index contributed by atoms with van der Waals surface area (Å²) in [5, 5.41) is 8.65. The number of hydrogen-bond acceptors (Lipinski definition) is 4. The fraction of sp³-hybridized carbons (Fsp3) is 0.385. The number of nitrogens with one attached hydrogen (secondary N) is 2. The van der Waals surface area contributed by atoms with Crippen molar-refractivity contribution in [1.82, 2.24) is 15.6 Å². The molecule has 2 N–H and O–H groups in total. The number of thiophene rings is 1. The molecular formula is C13H17N3OS2. The summed E-state index contributed by atoms with van der Waals surface area (Å²) in [7, 11) is 0. The van der Waals surface area contributed by atoms with Gasteiger partial charge in [0.2, 0.25) is 0 Å². The zero-order valence-corrected chi connectivity index (χ0v) is 12.7. The van der Waals surface area contributed by atoms with Crippen LogP contribution in [0.3, 0.4) is 0 Å². The number of amides is 2. The number of urea groups is 1. The van der Waals surface area contributed by atoms with Crippen molar-refractivity contribution >= 4 is 28.7 Å². The van der Waals surface area contributed by atoms with Crippen LogP contribution in [0.15, 0.2) is 17.6 Å². The summed E-state index contributed by atoms with van der Waals surface area (Å²) in [6.45, 7) is 5.21. The Morgan fingerprint density at radius 2 is 2.16 bits per heavy atom. The van der Waals surface area contributed by atoms with Crippen molar-refractivity contribution < 1.29 is 4.79 Å². The zero-order chi connectivity index (χ0) is 13.7. The number of carbonyl (C=O) groups is 1. The highest BCUT2D eigenvalue weighted by molar-refractivity contribution is 7.11. The van der Waals surface area contributed by atoms with E-state index in [0.717, 1.165) is 11.4 Å². The maximum Gasteiger partial charge on any atom is 0.315 e. The fourth-order valence-corrected chi connectivity index (χ4v) is 3.21. The van der Waals surface area contributed by atoms with Gasteiger partial charge in [0.05, 0.1) is 13.1 Å². The van der Waals surface area contributed by atoms with Crippen molar-refractivity contribution in [2.45, 2.75) is 33.4 Å². The lowest BCUT2D eigenvalue weighted by Crippen LogP contribution is -2.34. The van der Waals surface area contributed by atoms with E-state index in [1.807, 2.05) is 18.5 Å². The lowest BCUT2D eigenvalue weighted by atomic mass is 10.3. The largest absolute Gasteiger partial charge is 0.333 e. The zero-order valence-electron chi connectivity index (χ0n) is 11.0. The molecule has 2 amide bonds. The fourth-order valence-electron chi connectivity index (χ4n) is 1.56. The number of aromatic nitrogens is 1. The predicted molar refractivity (Wildman–Crippen MR) is 79.6 cm³/mol. The van der Waals surface area contributed by atoms with Crippen LogP contribution < -0.4 is 10.6 Å². The molecule has 4 nitrogen and oxygen atoms in total. The van der Waals surface area contributed by atoms with E-state index in [1.54, 1.807) is 22.7 Å². The van der Waals surface area contributed by atoms with Gasteiger partial charge in [-0.15, -0.1) is 22.7 Å². The molecule has 0 unspecified atom stereocenters. The van der Waals surface area contributed by atoms with E-state index in [2.05, 4.69) is 28.6 Å². The van der Waals surface area contributed by atoms with E-state index in [-0.39, 0.29) is 6.03 Å². The minimum atomic E-state index is -0.152. The second-order valence-electron chi connectivity index (χ2n) is 4.14. The first-order valence-electron chi connectivity index (χ1n) is 6.17. The van der Waals surface area contributed by atoms with Gasteiger partial charge in [-0.3, -0.25) is 0 Å². The second-order valence-corrected chi connectivity index (χ2v) is 6.34. The van der Waals surface area contributed by atoms with Crippen LogP contribution in [0.4, 0.5) is 4.79 Å². The summed E-state index contributed by atoms with van der Waals surface area (Å²) < 4.78 is 0. The minimum Gasteiger partial charge on any atom is -0.333 e. The molecule has 0 saturated heterocycles. The molecule has 0 aliphatic rings. The summed E-state index contributed by atoms with van der Waals surface area (Å²) in [6.07, 6.45) is 2.86. The van der Waals surface area contributed by atoms with Crippen LogP contribution in [0, 0.1) is 6.92 Å². The molecule has 6 heteroatoms. The molecular weight excluding hydrogens is 278 g/mol. The number of nitrogens with zero attached hydrogens (tertiary/aromatic N) is 1. The number of rotatable bonds is 5. The Bertz CT molecular complexity index is 548. The molecule has 0 atom stereocenters. The van der Waals surface area contributed by atoms with E-state index >= 15 is 0 Å².